The first-order valence-corrected chi connectivity index (χ1v) is 6.77. The number of hydrogen-bond acceptors (Lipinski definition) is 3. The summed E-state index contributed by atoms with van der Waals surface area (Å²) in [7, 11) is 1.53. The second kappa shape index (κ2) is 7.61. The molecule has 0 aliphatic heterocycles. The van der Waals surface area contributed by atoms with Gasteiger partial charge in [-0.1, -0.05) is 54.6 Å². The molecule has 0 saturated carbocycles. The molecule has 0 atom stereocenters. The Kier molecular flexibility index (Phi) is 5.28. The van der Waals surface area contributed by atoms with Crippen molar-refractivity contribution in [3.63, 3.8) is 0 Å². The van der Waals surface area contributed by atoms with Gasteiger partial charge < -0.3 is 4.74 Å². The van der Waals surface area contributed by atoms with E-state index in [9.17, 15) is 10.1 Å². The predicted octanol–water partition coefficient (Wildman–Crippen LogP) is 4.04. The number of benzene rings is 2. The first kappa shape index (κ1) is 15.3. The van der Waals surface area contributed by atoms with Crippen molar-refractivity contribution in [2.75, 3.05) is 7.11 Å². The second-order valence-electron chi connectivity index (χ2n) is 4.52. The number of methoxy groups -OCH3 is 1. The Labute approximate surface area is 129 Å². The molecule has 0 heterocycles. The Morgan fingerprint density at radius 1 is 1.14 bits per heavy atom. The highest BCUT2D eigenvalue weighted by Crippen LogP contribution is 2.16. The lowest BCUT2D eigenvalue weighted by molar-refractivity contribution is 0.103. The SMILES string of the molecule is COc1cccc(C(=O)/C(C#N)=C/C=C/c2ccccc2)c1. The number of rotatable bonds is 5. The number of carbonyl (C=O) groups is 1. The molecule has 0 radical (unpaired) electrons. The van der Waals surface area contributed by atoms with Crippen LogP contribution in [0.4, 0.5) is 0 Å². The van der Waals surface area contributed by atoms with Crippen molar-refractivity contribution in [1.82, 2.24) is 0 Å². The number of nitriles is 1. The predicted molar refractivity (Wildman–Crippen MR) is 86.5 cm³/mol. The van der Waals surface area contributed by atoms with Crippen molar-refractivity contribution < 1.29 is 9.53 Å². The molecule has 0 aromatic heterocycles. The Morgan fingerprint density at radius 3 is 2.59 bits per heavy atom. The number of ether oxygens (including phenoxy) is 1. The second-order valence-corrected chi connectivity index (χ2v) is 4.52. The van der Waals surface area contributed by atoms with Crippen LogP contribution in [0.15, 0.2) is 72.3 Å². The maximum atomic E-state index is 12.3. The van der Waals surface area contributed by atoms with E-state index >= 15 is 0 Å². The fourth-order valence-electron chi connectivity index (χ4n) is 1.90. The first-order valence-electron chi connectivity index (χ1n) is 6.77. The van der Waals surface area contributed by atoms with Crippen LogP contribution in [-0.4, -0.2) is 12.9 Å². The summed E-state index contributed by atoms with van der Waals surface area (Å²) >= 11 is 0. The molecular formula is C19H15NO2. The fourth-order valence-corrected chi connectivity index (χ4v) is 1.90. The normalized spacial score (nSPS) is 11.2. The van der Waals surface area contributed by atoms with Gasteiger partial charge >= 0.3 is 0 Å². The highest BCUT2D eigenvalue weighted by atomic mass is 16.5. The van der Waals surface area contributed by atoms with Gasteiger partial charge in [0, 0.05) is 5.56 Å². The van der Waals surface area contributed by atoms with Gasteiger partial charge in [0.2, 0.25) is 5.78 Å². The molecule has 2 rings (SSSR count). The van der Waals surface area contributed by atoms with E-state index in [0.29, 0.717) is 11.3 Å². The zero-order valence-electron chi connectivity index (χ0n) is 12.2. The number of carbonyl (C=O) groups excluding carboxylic acids is 1. The van der Waals surface area contributed by atoms with Crippen LogP contribution in [0.2, 0.25) is 0 Å². The minimum absolute atomic E-state index is 0.0837. The third kappa shape index (κ3) is 3.94. The van der Waals surface area contributed by atoms with Gasteiger partial charge in [0.25, 0.3) is 0 Å². The molecule has 2 aromatic rings. The smallest absolute Gasteiger partial charge is 0.203 e. The molecule has 0 bridgehead atoms. The molecule has 0 aliphatic rings. The van der Waals surface area contributed by atoms with Crippen molar-refractivity contribution in [1.29, 1.82) is 5.26 Å². The van der Waals surface area contributed by atoms with E-state index in [1.165, 1.54) is 13.2 Å². The summed E-state index contributed by atoms with van der Waals surface area (Å²) < 4.78 is 5.09. The maximum absolute atomic E-state index is 12.3. The van der Waals surface area contributed by atoms with Gasteiger partial charge in [-0.15, -0.1) is 0 Å². The van der Waals surface area contributed by atoms with Crippen LogP contribution in [0, 0.1) is 11.3 Å². The van der Waals surface area contributed by atoms with E-state index in [2.05, 4.69) is 0 Å². The van der Waals surface area contributed by atoms with Crippen LogP contribution < -0.4 is 4.74 Å². The van der Waals surface area contributed by atoms with Crippen LogP contribution >= 0.6 is 0 Å². The van der Waals surface area contributed by atoms with Gasteiger partial charge in [-0.25, -0.2) is 0 Å². The minimum atomic E-state index is -0.320. The molecule has 108 valence electrons. The quantitative estimate of drug-likeness (QED) is 0.361. The monoisotopic (exact) mass is 289 g/mol. The fraction of sp³-hybridized carbons (Fsp3) is 0.0526. The Balaban J connectivity index is 2.20. The summed E-state index contributed by atoms with van der Waals surface area (Å²) in [6, 6.07) is 18.4. The minimum Gasteiger partial charge on any atom is -0.497 e. The van der Waals surface area contributed by atoms with Gasteiger partial charge in [-0.3, -0.25) is 4.79 Å². The Hall–Kier alpha value is -3.12. The van der Waals surface area contributed by atoms with Crippen LogP contribution in [0.5, 0.6) is 5.75 Å². The number of hydrogen-bond donors (Lipinski definition) is 0. The topological polar surface area (TPSA) is 50.1 Å². The zero-order chi connectivity index (χ0) is 15.8. The molecule has 22 heavy (non-hydrogen) atoms. The molecule has 0 aliphatic carbocycles. The van der Waals surface area contributed by atoms with Gasteiger partial charge in [-0.05, 0) is 23.8 Å². The molecule has 0 spiro atoms. The van der Waals surface area contributed by atoms with Crippen molar-refractivity contribution >= 4 is 11.9 Å². The van der Waals surface area contributed by atoms with Crippen LogP contribution in [0.3, 0.4) is 0 Å². The molecule has 3 nitrogen and oxygen atoms in total. The summed E-state index contributed by atoms with van der Waals surface area (Å²) in [4.78, 5) is 12.3. The van der Waals surface area contributed by atoms with Crippen molar-refractivity contribution in [2.45, 2.75) is 0 Å². The highest BCUT2D eigenvalue weighted by Gasteiger charge is 2.11. The molecular weight excluding hydrogens is 274 g/mol. The largest absolute Gasteiger partial charge is 0.497 e. The van der Waals surface area contributed by atoms with Gasteiger partial charge in [0.15, 0.2) is 0 Å². The Morgan fingerprint density at radius 2 is 1.91 bits per heavy atom. The molecule has 3 heteroatoms. The Bertz CT molecular complexity index is 753. The van der Waals surface area contributed by atoms with E-state index in [1.807, 2.05) is 42.5 Å². The number of Topliss-reactive ketones (excluding diaryl/α,β-unsaturated/α-hetero) is 1. The summed E-state index contributed by atoms with van der Waals surface area (Å²) in [5, 5.41) is 9.18. The molecule has 2 aromatic carbocycles. The van der Waals surface area contributed by atoms with Crippen molar-refractivity contribution in [3.05, 3.63) is 83.4 Å². The zero-order valence-corrected chi connectivity index (χ0v) is 12.2. The lowest BCUT2D eigenvalue weighted by Crippen LogP contribution is -2.02. The molecule has 0 unspecified atom stereocenters. The number of allylic oxidation sites excluding steroid dienone is 3. The summed E-state index contributed by atoms with van der Waals surface area (Å²) in [6.45, 7) is 0. The van der Waals surface area contributed by atoms with E-state index in [1.54, 1.807) is 30.3 Å². The van der Waals surface area contributed by atoms with E-state index in [4.69, 9.17) is 4.74 Å². The highest BCUT2D eigenvalue weighted by molar-refractivity contribution is 6.11. The number of ketones is 1. The summed E-state index contributed by atoms with van der Waals surface area (Å²) in [5.41, 5.74) is 1.52. The van der Waals surface area contributed by atoms with Gasteiger partial charge in [0.1, 0.15) is 11.8 Å². The summed E-state index contributed by atoms with van der Waals surface area (Å²) in [6.07, 6.45) is 5.07. The van der Waals surface area contributed by atoms with Crippen molar-refractivity contribution in [3.8, 4) is 11.8 Å². The average molecular weight is 289 g/mol. The van der Waals surface area contributed by atoms with E-state index < -0.39 is 0 Å². The molecule has 0 amide bonds. The lowest BCUT2D eigenvalue weighted by atomic mass is 10.0. The third-order valence-electron chi connectivity index (χ3n) is 3.05. The van der Waals surface area contributed by atoms with E-state index in [0.717, 1.165) is 5.56 Å². The standard InChI is InChI=1S/C19H15NO2/c1-22-18-12-6-10-16(13-18)19(21)17(14-20)11-5-9-15-7-3-2-4-8-15/h2-13H,1H3/b9-5+,17-11+. The van der Waals surface area contributed by atoms with Crippen LogP contribution in [-0.2, 0) is 0 Å². The van der Waals surface area contributed by atoms with E-state index in [-0.39, 0.29) is 11.4 Å². The van der Waals surface area contributed by atoms with Gasteiger partial charge in [0.05, 0.1) is 12.7 Å². The summed E-state index contributed by atoms with van der Waals surface area (Å²) in [5.74, 6) is 0.266. The third-order valence-corrected chi connectivity index (χ3v) is 3.05. The lowest BCUT2D eigenvalue weighted by Gasteiger charge is -2.02. The molecule has 0 saturated heterocycles. The van der Waals surface area contributed by atoms with Crippen LogP contribution in [0.25, 0.3) is 6.08 Å². The molecule has 0 N–H and O–H groups in total. The van der Waals surface area contributed by atoms with Gasteiger partial charge in [-0.2, -0.15) is 5.26 Å². The van der Waals surface area contributed by atoms with Crippen molar-refractivity contribution in [2.24, 2.45) is 0 Å². The first-order chi connectivity index (χ1) is 10.7. The molecule has 0 fully saturated rings. The van der Waals surface area contributed by atoms with Crippen LogP contribution in [0.1, 0.15) is 15.9 Å². The number of nitrogens with zero attached hydrogens (tertiary/aromatic N) is 1. The maximum Gasteiger partial charge on any atom is 0.203 e. The average Bonchev–Trinajstić information content (AvgIpc) is 2.59.